The van der Waals surface area contributed by atoms with E-state index < -0.39 is 0 Å². The van der Waals surface area contributed by atoms with Crippen molar-refractivity contribution >= 4 is 11.6 Å². The zero-order valence-electron chi connectivity index (χ0n) is 21.8. The first-order valence-corrected chi connectivity index (χ1v) is 13.3. The van der Waals surface area contributed by atoms with E-state index in [9.17, 15) is 0 Å². The third-order valence-corrected chi connectivity index (χ3v) is 7.12. The Kier molecular flexibility index (Phi) is 6.75. The van der Waals surface area contributed by atoms with Crippen LogP contribution in [0.15, 0.2) is 121 Å². The lowest BCUT2D eigenvalue weighted by molar-refractivity contribution is 1.07. The Labute approximate surface area is 233 Å². The van der Waals surface area contributed by atoms with Gasteiger partial charge in [-0.25, -0.2) is 15.0 Å². The maximum atomic E-state index is 6.29. The van der Waals surface area contributed by atoms with Crippen molar-refractivity contribution in [1.82, 2.24) is 15.0 Å². The monoisotopic (exact) mass is 523 g/mol. The predicted octanol–water partition coefficient (Wildman–Crippen LogP) is 9.48. The highest BCUT2D eigenvalue weighted by atomic mass is 35.5. The molecule has 0 bridgehead atoms. The van der Waals surface area contributed by atoms with Crippen molar-refractivity contribution in [2.45, 2.75) is 13.8 Å². The smallest absolute Gasteiger partial charge is 0.164 e. The summed E-state index contributed by atoms with van der Waals surface area (Å²) < 4.78 is 0. The number of hydrogen-bond acceptors (Lipinski definition) is 3. The topological polar surface area (TPSA) is 38.7 Å². The fraction of sp³-hybridized carbons (Fsp3) is 0.0571. The molecule has 0 unspecified atom stereocenters. The molecule has 0 amide bonds. The van der Waals surface area contributed by atoms with Crippen LogP contribution in [0.4, 0.5) is 0 Å². The van der Waals surface area contributed by atoms with Gasteiger partial charge in [0, 0.05) is 21.7 Å². The molecule has 39 heavy (non-hydrogen) atoms. The van der Waals surface area contributed by atoms with Crippen LogP contribution >= 0.6 is 11.6 Å². The second-order valence-corrected chi connectivity index (χ2v) is 10.0. The van der Waals surface area contributed by atoms with Gasteiger partial charge in [0.2, 0.25) is 0 Å². The van der Waals surface area contributed by atoms with E-state index in [0.29, 0.717) is 17.5 Å². The molecule has 6 rings (SSSR count). The number of halogens is 1. The quantitative estimate of drug-likeness (QED) is 0.226. The van der Waals surface area contributed by atoms with Crippen LogP contribution in [-0.2, 0) is 0 Å². The number of hydrogen-bond donors (Lipinski definition) is 0. The highest BCUT2D eigenvalue weighted by Gasteiger charge is 2.15. The predicted molar refractivity (Wildman–Crippen MR) is 161 cm³/mol. The molecule has 0 aliphatic heterocycles. The minimum absolute atomic E-state index is 0.646. The summed E-state index contributed by atoms with van der Waals surface area (Å²) in [6.07, 6.45) is 0. The van der Waals surface area contributed by atoms with E-state index in [2.05, 4.69) is 56.3 Å². The molecule has 4 heteroatoms. The Bertz CT molecular complexity index is 1720. The summed E-state index contributed by atoms with van der Waals surface area (Å²) in [6, 6.07) is 41.1. The van der Waals surface area contributed by atoms with Crippen LogP contribution in [0, 0.1) is 13.8 Å². The first kappa shape index (κ1) is 24.7. The van der Waals surface area contributed by atoms with Gasteiger partial charge in [0.05, 0.1) is 0 Å². The molecule has 0 spiro atoms. The summed E-state index contributed by atoms with van der Waals surface area (Å²) >= 11 is 6.29. The van der Waals surface area contributed by atoms with Crippen molar-refractivity contribution in [3.8, 4) is 56.4 Å². The number of aryl methyl sites for hydroxylation is 2. The molecule has 0 fully saturated rings. The Balaban J connectivity index is 1.50. The highest BCUT2D eigenvalue weighted by Crippen LogP contribution is 2.35. The summed E-state index contributed by atoms with van der Waals surface area (Å²) in [6.45, 7) is 4.29. The van der Waals surface area contributed by atoms with Gasteiger partial charge in [-0.3, -0.25) is 0 Å². The molecule has 188 valence electrons. The van der Waals surface area contributed by atoms with Crippen molar-refractivity contribution < 1.29 is 0 Å². The van der Waals surface area contributed by atoms with Gasteiger partial charge in [-0.05, 0) is 71.5 Å². The van der Waals surface area contributed by atoms with E-state index in [-0.39, 0.29) is 0 Å². The minimum Gasteiger partial charge on any atom is -0.208 e. The van der Waals surface area contributed by atoms with Gasteiger partial charge in [-0.15, -0.1) is 0 Å². The average Bonchev–Trinajstić information content (AvgIpc) is 2.98. The van der Waals surface area contributed by atoms with E-state index in [1.165, 1.54) is 16.7 Å². The third-order valence-electron chi connectivity index (χ3n) is 6.88. The molecule has 0 aliphatic rings. The molecule has 1 aromatic heterocycles. The van der Waals surface area contributed by atoms with E-state index in [1.54, 1.807) is 0 Å². The van der Waals surface area contributed by atoms with Crippen molar-refractivity contribution in [3.63, 3.8) is 0 Å². The Hall–Kier alpha value is -4.60. The summed E-state index contributed by atoms with van der Waals surface area (Å²) in [5.74, 6) is 1.95. The molecule has 1 heterocycles. The molecule has 0 N–H and O–H groups in total. The molecule has 6 aromatic rings. The number of benzene rings is 5. The van der Waals surface area contributed by atoms with Crippen LogP contribution in [0.3, 0.4) is 0 Å². The Morgan fingerprint density at radius 2 is 0.846 bits per heavy atom. The molecule has 0 saturated carbocycles. The van der Waals surface area contributed by atoms with Crippen LogP contribution in [0.5, 0.6) is 0 Å². The van der Waals surface area contributed by atoms with Gasteiger partial charge in [0.1, 0.15) is 0 Å². The maximum absolute atomic E-state index is 6.29. The van der Waals surface area contributed by atoms with E-state index >= 15 is 0 Å². The van der Waals surface area contributed by atoms with Crippen LogP contribution in [0.1, 0.15) is 11.1 Å². The van der Waals surface area contributed by atoms with Crippen molar-refractivity contribution in [3.05, 3.63) is 137 Å². The molecule has 0 aliphatic carbocycles. The largest absolute Gasteiger partial charge is 0.208 e. The van der Waals surface area contributed by atoms with Gasteiger partial charge in [-0.1, -0.05) is 109 Å². The van der Waals surface area contributed by atoms with Gasteiger partial charge in [0.25, 0.3) is 0 Å². The van der Waals surface area contributed by atoms with Crippen molar-refractivity contribution in [1.29, 1.82) is 0 Å². The lowest BCUT2D eigenvalue weighted by Crippen LogP contribution is -2.00. The SMILES string of the molecule is Cc1ccc(-c2cccc(Cl)c2)cc1-c1cc(-c2nc(-c3ccccc3)nc(-c3ccccc3)n2)ccc1C. The molecular formula is C35H26ClN3. The standard InChI is InChI=1S/C35H26ClN3/c1-23-16-18-28(27-14-9-15-30(36)20-27)21-31(23)32-22-29(19-17-24(32)2)35-38-33(25-10-5-3-6-11-25)37-34(39-35)26-12-7-4-8-13-26/h3-22H,1-2H3. The Morgan fingerprint density at radius 1 is 0.410 bits per heavy atom. The average molecular weight is 524 g/mol. The minimum atomic E-state index is 0.646. The number of rotatable bonds is 5. The van der Waals surface area contributed by atoms with Gasteiger partial charge < -0.3 is 0 Å². The summed E-state index contributed by atoms with van der Waals surface area (Å²) in [7, 11) is 0. The number of nitrogens with zero attached hydrogens (tertiary/aromatic N) is 3. The van der Waals surface area contributed by atoms with Crippen LogP contribution in [-0.4, -0.2) is 15.0 Å². The summed E-state index contributed by atoms with van der Waals surface area (Å²) in [5, 5.41) is 0.728. The van der Waals surface area contributed by atoms with Crippen LogP contribution < -0.4 is 0 Å². The van der Waals surface area contributed by atoms with Crippen molar-refractivity contribution in [2.75, 3.05) is 0 Å². The fourth-order valence-electron chi connectivity index (χ4n) is 4.75. The van der Waals surface area contributed by atoms with Crippen molar-refractivity contribution in [2.24, 2.45) is 0 Å². The second-order valence-electron chi connectivity index (χ2n) is 9.61. The molecule has 3 nitrogen and oxygen atoms in total. The maximum Gasteiger partial charge on any atom is 0.164 e. The van der Waals surface area contributed by atoms with Crippen LogP contribution in [0.25, 0.3) is 56.4 Å². The fourth-order valence-corrected chi connectivity index (χ4v) is 4.94. The second kappa shape index (κ2) is 10.6. The van der Waals surface area contributed by atoms with Gasteiger partial charge >= 0.3 is 0 Å². The first-order valence-electron chi connectivity index (χ1n) is 12.9. The van der Waals surface area contributed by atoms with Gasteiger partial charge in [0.15, 0.2) is 17.5 Å². The van der Waals surface area contributed by atoms with E-state index in [4.69, 9.17) is 26.6 Å². The third kappa shape index (κ3) is 5.22. The highest BCUT2D eigenvalue weighted by molar-refractivity contribution is 6.30. The molecule has 5 aromatic carbocycles. The Morgan fingerprint density at radius 3 is 1.38 bits per heavy atom. The molecule has 0 atom stereocenters. The zero-order chi connectivity index (χ0) is 26.8. The van der Waals surface area contributed by atoms with E-state index in [0.717, 1.165) is 38.4 Å². The summed E-state index contributed by atoms with van der Waals surface area (Å²) in [5.41, 5.74) is 9.78. The molecular weight excluding hydrogens is 498 g/mol. The molecule has 0 saturated heterocycles. The van der Waals surface area contributed by atoms with E-state index in [1.807, 2.05) is 78.9 Å². The molecule has 0 radical (unpaired) electrons. The first-order chi connectivity index (χ1) is 19.0. The lowest BCUT2D eigenvalue weighted by atomic mass is 9.91. The summed E-state index contributed by atoms with van der Waals surface area (Å²) in [4.78, 5) is 14.7. The normalized spacial score (nSPS) is 10.9. The van der Waals surface area contributed by atoms with Gasteiger partial charge in [-0.2, -0.15) is 0 Å². The number of aromatic nitrogens is 3. The zero-order valence-corrected chi connectivity index (χ0v) is 22.5. The van der Waals surface area contributed by atoms with Crippen LogP contribution in [0.2, 0.25) is 5.02 Å². The lowest BCUT2D eigenvalue weighted by Gasteiger charge is -2.14.